The van der Waals surface area contributed by atoms with Gasteiger partial charge in [0, 0.05) is 33.0 Å². The highest BCUT2D eigenvalue weighted by atomic mass is 16.5. The third-order valence-electron chi connectivity index (χ3n) is 12.9. The molecule has 1 atom stereocenters. The van der Waals surface area contributed by atoms with Gasteiger partial charge in [0.15, 0.2) is 0 Å². The molecule has 1 aliphatic carbocycles. The number of rotatable bonds is 4. The van der Waals surface area contributed by atoms with Gasteiger partial charge in [-0.1, -0.05) is 164 Å². The molecule has 13 rings (SSSR count). The fourth-order valence-electron chi connectivity index (χ4n) is 10.5. The lowest BCUT2D eigenvalue weighted by molar-refractivity contribution is 0.442. The maximum Gasteiger partial charge on any atom is 0.140 e. The zero-order valence-corrected chi connectivity index (χ0v) is 32.5. The summed E-state index contributed by atoms with van der Waals surface area (Å²) in [6, 6.07) is 76.7. The van der Waals surface area contributed by atoms with Crippen molar-refractivity contribution in [3.05, 3.63) is 235 Å². The molecule has 3 nitrogen and oxygen atoms in total. The van der Waals surface area contributed by atoms with E-state index in [0.717, 1.165) is 66.8 Å². The van der Waals surface area contributed by atoms with Gasteiger partial charge in [-0.15, -0.1) is 0 Å². The summed E-state index contributed by atoms with van der Waals surface area (Å²) in [5.74, 6) is 1.82. The Morgan fingerprint density at radius 1 is 0.383 bits per heavy atom. The van der Waals surface area contributed by atoms with Crippen molar-refractivity contribution >= 4 is 60.5 Å². The molecule has 2 heterocycles. The second-order valence-electron chi connectivity index (χ2n) is 15.9. The number of furan rings is 1. The van der Waals surface area contributed by atoms with Crippen molar-refractivity contribution in [3.8, 4) is 33.8 Å². The van der Waals surface area contributed by atoms with Gasteiger partial charge in [-0.25, -0.2) is 0 Å². The molecule has 0 N–H and O–H groups in total. The minimum absolute atomic E-state index is 0.581. The molecule has 280 valence electrons. The molecule has 60 heavy (non-hydrogen) atoms. The van der Waals surface area contributed by atoms with Gasteiger partial charge >= 0.3 is 0 Å². The van der Waals surface area contributed by atoms with Crippen LogP contribution in [0.25, 0.3) is 65.7 Å². The van der Waals surface area contributed by atoms with Gasteiger partial charge in [-0.05, 0) is 92.7 Å². The Morgan fingerprint density at radius 3 is 1.97 bits per heavy atom. The van der Waals surface area contributed by atoms with E-state index in [1.165, 1.54) is 49.7 Å². The highest BCUT2D eigenvalue weighted by molar-refractivity contribution is 6.15. The van der Waals surface area contributed by atoms with E-state index in [4.69, 9.17) is 9.15 Å². The van der Waals surface area contributed by atoms with Crippen molar-refractivity contribution in [2.24, 2.45) is 0 Å². The van der Waals surface area contributed by atoms with Gasteiger partial charge < -0.3 is 14.1 Å². The molecule has 0 saturated carbocycles. The Labute approximate surface area is 347 Å². The number of ether oxygens (including phenoxy) is 1. The summed E-state index contributed by atoms with van der Waals surface area (Å²) in [5, 5.41) is 6.83. The quantitative estimate of drug-likeness (QED) is 0.178. The minimum Gasteiger partial charge on any atom is -0.456 e. The molecule has 0 amide bonds. The van der Waals surface area contributed by atoms with Crippen LogP contribution in [-0.2, 0) is 5.41 Å². The van der Waals surface area contributed by atoms with E-state index in [-0.39, 0.29) is 0 Å². The van der Waals surface area contributed by atoms with E-state index in [1.54, 1.807) is 0 Å². The largest absolute Gasteiger partial charge is 0.456 e. The van der Waals surface area contributed by atoms with Crippen LogP contribution >= 0.6 is 0 Å². The van der Waals surface area contributed by atoms with Gasteiger partial charge in [0.2, 0.25) is 0 Å². The number of hydrogen-bond donors (Lipinski definition) is 0. The average molecular weight is 766 g/mol. The van der Waals surface area contributed by atoms with Crippen molar-refractivity contribution < 1.29 is 9.15 Å². The monoisotopic (exact) mass is 765 g/mol. The highest BCUT2D eigenvalue weighted by Crippen LogP contribution is 2.63. The first-order valence-corrected chi connectivity index (χ1v) is 20.6. The number of fused-ring (bicyclic) bond motifs is 15. The van der Waals surface area contributed by atoms with Crippen LogP contribution in [0.2, 0.25) is 0 Å². The Hall–Kier alpha value is -7.88. The molecule has 1 aliphatic heterocycles. The summed E-state index contributed by atoms with van der Waals surface area (Å²) in [6.45, 7) is 0. The molecule has 1 spiro atoms. The number of anilines is 3. The number of benzene rings is 10. The van der Waals surface area contributed by atoms with Crippen LogP contribution in [0.3, 0.4) is 0 Å². The second-order valence-corrected chi connectivity index (χ2v) is 15.9. The van der Waals surface area contributed by atoms with E-state index in [1.807, 2.05) is 6.07 Å². The van der Waals surface area contributed by atoms with Crippen LogP contribution in [0.5, 0.6) is 11.5 Å². The van der Waals surface area contributed by atoms with Crippen molar-refractivity contribution in [2.45, 2.75) is 5.41 Å². The van der Waals surface area contributed by atoms with Crippen LogP contribution in [-0.4, -0.2) is 0 Å². The van der Waals surface area contributed by atoms with Crippen LogP contribution in [0.4, 0.5) is 17.1 Å². The third-order valence-corrected chi connectivity index (χ3v) is 12.9. The van der Waals surface area contributed by atoms with Crippen molar-refractivity contribution in [1.82, 2.24) is 0 Å². The van der Waals surface area contributed by atoms with E-state index in [0.29, 0.717) is 0 Å². The fraction of sp³-hybridized carbons (Fsp3) is 0.0175. The Kier molecular flexibility index (Phi) is 6.93. The first-order valence-electron chi connectivity index (χ1n) is 20.6. The predicted molar refractivity (Wildman–Crippen MR) is 246 cm³/mol. The molecular weight excluding hydrogens is 731 g/mol. The van der Waals surface area contributed by atoms with Gasteiger partial charge in [0.25, 0.3) is 0 Å². The van der Waals surface area contributed by atoms with Gasteiger partial charge in [-0.3, -0.25) is 0 Å². The van der Waals surface area contributed by atoms with E-state index in [9.17, 15) is 0 Å². The van der Waals surface area contributed by atoms with Crippen LogP contribution in [0, 0.1) is 0 Å². The van der Waals surface area contributed by atoms with Crippen LogP contribution in [0.1, 0.15) is 22.3 Å². The molecule has 3 heteroatoms. The maximum atomic E-state index is 6.92. The van der Waals surface area contributed by atoms with E-state index < -0.39 is 5.41 Å². The van der Waals surface area contributed by atoms with Crippen LogP contribution < -0.4 is 9.64 Å². The molecule has 0 fully saturated rings. The number of nitrogens with zero attached hydrogens (tertiary/aromatic N) is 1. The topological polar surface area (TPSA) is 25.6 Å². The van der Waals surface area contributed by atoms with Gasteiger partial charge in [-0.2, -0.15) is 0 Å². The standard InChI is InChI=1S/C57H35NO2/c1-2-16-38(17-3-1)58(51-25-14-28-54-55(51)45-22-9-12-26-52(45)59-54)50-34-32-39(41-19-6-7-21-44(41)50)37-29-31-43-42-20-8-10-23-46(42)57(49(43)35-37)47-24-11-13-27-53(47)60-56-40-18-5-4-15-36(40)30-33-48(56)57/h1-35H. The zero-order chi connectivity index (χ0) is 39.4. The Balaban J connectivity index is 1.06. The summed E-state index contributed by atoms with van der Waals surface area (Å²) in [4.78, 5) is 2.39. The highest BCUT2D eigenvalue weighted by Gasteiger charge is 2.51. The van der Waals surface area contributed by atoms with Gasteiger partial charge in [0.05, 0.1) is 22.2 Å². The summed E-state index contributed by atoms with van der Waals surface area (Å²) < 4.78 is 13.3. The zero-order valence-electron chi connectivity index (χ0n) is 32.5. The van der Waals surface area contributed by atoms with E-state index in [2.05, 4.69) is 211 Å². The van der Waals surface area contributed by atoms with E-state index >= 15 is 0 Å². The number of para-hydroxylation sites is 3. The summed E-state index contributed by atoms with van der Waals surface area (Å²) in [5.41, 5.74) is 14.2. The first kappa shape index (κ1) is 33.1. The summed E-state index contributed by atoms with van der Waals surface area (Å²) in [7, 11) is 0. The van der Waals surface area contributed by atoms with Gasteiger partial charge in [0.1, 0.15) is 22.7 Å². The molecule has 10 aromatic carbocycles. The molecule has 1 unspecified atom stereocenters. The Bertz CT molecular complexity index is 3550. The molecule has 0 radical (unpaired) electrons. The predicted octanol–water partition coefficient (Wildman–Crippen LogP) is 15.5. The first-order chi connectivity index (χ1) is 29.8. The minimum atomic E-state index is -0.581. The SMILES string of the molecule is c1ccc(N(c2ccc(-c3ccc4c(c3)C3(c5ccccc5Oc5c3ccc3ccccc53)c3ccccc3-4)c3ccccc23)c2cccc3oc4ccccc4c23)cc1. The molecule has 2 aliphatic rings. The summed E-state index contributed by atoms with van der Waals surface area (Å²) >= 11 is 0. The van der Waals surface area contributed by atoms with Crippen molar-refractivity contribution in [3.63, 3.8) is 0 Å². The third kappa shape index (κ3) is 4.49. The lowest BCUT2D eigenvalue weighted by atomic mass is 9.65. The molecule has 1 aromatic heterocycles. The van der Waals surface area contributed by atoms with Crippen LogP contribution in [0.15, 0.2) is 217 Å². The number of hydrogen-bond acceptors (Lipinski definition) is 3. The van der Waals surface area contributed by atoms with Crippen molar-refractivity contribution in [1.29, 1.82) is 0 Å². The average Bonchev–Trinajstić information content (AvgIpc) is 3.84. The molecule has 11 aromatic rings. The molecule has 0 bridgehead atoms. The van der Waals surface area contributed by atoms with Crippen molar-refractivity contribution in [2.75, 3.05) is 4.90 Å². The molecular formula is C57H35NO2. The normalized spacial score (nSPS) is 14.9. The smallest absolute Gasteiger partial charge is 0.140 e. The second kappa shape index (κ2) is 12.6. The lowest BCUT2D eigenvalue weighted by Crippen LogP contribution is -2.32. The Morgan fingerprint density at radius 2 is 1.07 bits per heavy atom. The summed E-state index contributed by atoms with van der Waals surface area (Å²) in [6.07, 6.45) is 0. The maximum absolute atomic E-state index is 6.92. The lowest BCUT2D eigenvalue weighted by Gasteiger charge is -2.40. The molecule has 0 saturated heterocycles. The fourth-order valence-corrected chi connectivity index (χ4v) is 10.5.